The van der Waals surface area contributed by atoms with Gasteiger partial charge in [-0.15, -0.1) is 0 Å². The maximum atomic E-state index is 3.89. The minimum absolute atomic E-state index is 0.732. The lowest BCUT2D eigenvalue weighted by Gasteiger charge is -2.48. The van der Waals surface area contributed by atoms with E-state index < -0.39 is 0 Å². The van der Waals surface area contributed by atoms with E-state index in [0.29, 0.717) is 0 Å². The van der Waals surface area contributed by atoms with Crippen LogP contribution in [0.25, 0.3) is 0 Å². The average Bonchev–Trinajstić information content (AvgIpc) is 2.56. The smallest absolute Gasteiger partial charge is 0.0224 e. The van der Waals surface area contributed by atoms with Crippen molar-refractivity contribution in [3.05, 3.63) is 0 Å². The van der Waals surface area contributed by atoms with Gasteiger partial charge in [-0.1, -0.05) is 25.7 Å². The molecule has 1 N–H and O–H groups in total. The van der Waals surface area contributed by atoms with Gasteiger partial charge >= 0.3 is 0 Å². The van der Waals surface area contributed by atoms with Gasteiger partial charge in [0.05, 0.1) is 0 Å². The van der Waals surface area contributed by atoms with E-state index in [-0.39, 0.29) is 0 Å². The Hall–Kier alpha value is 0.270. The molecule has 4 unspecified atom stereocenters. The van der Waals surface area contributed by atoms with E-state index >= 15 is 0 Å². The zero-order valence-electron chi connectivity index (χ0n) is 14.0. The Morgan fingerprint density at radius 3 is 2.57 bits per heavy atom. The standard InChI is InChI=1S/C18H34N2S/c1-14-12-19-18(15-7-4-3-5-8-15)13-20(14)16-9-6-10-17(11-16)21-2/h14-19H,3-13H2,1-2H3. The van der Waals surface area contributed by atoms with Crippen molar-refractivity contribution in [1.82, 2.24) is 10.2 Å². The average molecular weight is 311 g/mol. The lowest BCUT2D eigenvalue weighted by molar-refractivity contribution is 0.0509. The summed E-state index contributed by atoms with van der Waals surface area (Å²) >= 11 is 2.10. The van der Waals surface area contributed by atoms with Gasteiger partial charge < -0.3 is 5.32 Å². The zero-order chi connectivity index (χ0) is 14.7. The molecule has 3 rings (SSSR count). The fourth-order valence-electron chi connectivity index (χ4n) is 4.91. The summed E-state index contributed by atoms with van der Waals surface area (Å²) in [7, 11) is 0. The first-order valence-electron chi connectivity index (χ1n) is 9.30. The molecule has 0 aromatic heterocycles. The van der Waals surface area contributed by atoms with Gasteiger partial charge in [-0.3, -0.25) is 4.90 Å². The molecule has 2 saturated carbocycles. The van der Waals surface area contributed by atoms with Crippen molar-refractivity contribution < 1.29 is 0 Å². The molecule has 4 atom stereocenters. The van der Waals surface area contributed by atoms with Crippen LogP contribution in [0.3, 0.4) is 0 Å². The predicted molar refractivity (Wildman–Crippen MR) is 94.1 cm³/mol. The third kappa shape index (κ3) is 3.97. The van der Waals surface area contributed by atoms with Crippen LogP contribution in [0.15, 0.2) is 0 Å². The predicted octanol–water partition coefficient (Wildman–Crippen LogP) is 3.90. The minimum atomic E-state index is 0.732. The summed E-state index contributed by atoms with van der Waals surface area (Å²) in [5.74, 6) is 0.952. The first-order chi connectivity index (χ1) is 10.3. The fraction of sp³-hybridized carbons (Fsp3) is 1.00. The summed E-state index contributed by atoms with van der Waals surface area (Å²) in [6.07, 6.45) is 15.4. The maximum Gasteiger partial charge on any atom is 0.0224 e. The second-order valence-corrected chi connectivity index (χ2v) is 8.77. The Bertz CT molecular complexity index is 316. The monoisotopic (exact) mass is 310 g/mol. The SMILES string of the molecule is CSC1CCCC(N2CC(C3CCCCC3)NCC2C)C1. The second-order valence-electron chi connectivity index (χ2n) is 7.64. The van der Waals surface area contributed by atoms with Gasteiger partial charge in [-0.05, 0) is 51.2 Å². The molecule has 0 aromatic carbocycles. The lowest BCUT2D eigenvalue weighted by Crippen LogP contribution is -2.61. The van der Waals surface area contributed by atoms with Crippen molar-refractivity contribution in [2.24, 2.45) is 5.92 Å². The summed E-state index contributed by atoms with van der Waals surface area (Å²) in [6.45, 7) is 4.96. The van der Waals surface area contributed by atoms with Gasteiger partial charge in [0.1, 0.15) is 0 Å². The maximum absolute atomic E-state index is 3.89. The Morgan fingerprint density at radius 2 is 1.81 bits per heavy atom. The first kappa shape index (κ1) is 16.1. The number of nitrogens with zero attached hydrogens (tertiary/aromatic N) is 1. The van der Waals surface area contributed by atoms with Crippen LogP contribution in [-0.2, 0) is 0 Å². The number of nitrogens with one attached hydrogen (secondary N) is 1. The molecular formula is C18H34N2S. The third-order valence-electron chi connectivity index (χ3n) is 6.27. The molecule has 2 aliphatic carbocycles. The topological polar surface area (TPSA) is 15.3 Å². The molecule has 0 amide bonds. The van der Waals surface area contributed by atoms with Crippen LogP contribution in [0.1, 0.15) is 64.7 Å². The molecule has 3 fully saturated rings. The summed E-state index contributed by atoms with van der Waals surface area (Å²) in [5.41, 5.74) is 0. The lowest BCUT2D eigenvalue weighted by atomic mass is 9.82. The molecule has 2 nitrogen and oxygen atoms in total. The Kier molecular flexibility index (Phi) is 5.92. The van der Waals surface area contributed by atoms with Gasteiger partial charge in [0, 0.05) is 36.5 Å². The summed E-state index contributed by atoms with van der Waals surface area (Å²) in [4.78, 5) is 2.89. The van der Waals surface area contributed by atoms with Crippen LogP contribution in [0.2, 0.25) is 0 Å². The van der Waals surface area contributed by atoms with E-state index in [9.17, 15) is 0 Å². The molecule has 1 heterocycles. The van der Waals surface area contributed by atoms with Gasteiger partial charge in [0.2, 0.25) is 0 Å². The molecule has 21 heavy (non-hydrogen) atoms. The van der Waals surface area contributed by atoms with Crippen LogP contribution < -0.4 is 5.32 Å². The van der Waals surface area contributed by atoms with E-state index in [1.807, 2.05) is 0 Å². The van der Waals surface area contributed by atoms with Crippen molar-refractivity contribution in [3.8, 4) is 0 Å². The fourth-order valence-corrected chi connectivity index (χ4v) is 5.72. The summed E-state index contributed by atoms with van der Waals surface area (Å²) in [6, 6.07) is 2.37. The Morgan fingerprint density at radius 1 is 1.00 bits per heavy atom. The molecular weight excluding hydrogens is 276 g/mol. The summed E-state index contributed by atoms with van der Waals surface area (Å²) in [5, 5.41) is 4.80. The molecule has 1 saturated heterocycles. The largest absolute Gasteiger partial charge is 0.311 e. The van der Waals surface area contributed by atoms with E-state index in [2.05, 4.69) is 35.2 Å². The van der Waals surface area contributed by atoms with Crippen LogP contribution in [0, 0.1) is 5.92 Å². The highest BCUT2D eigenvalue weighted by Crippen LogP contribution is 2.33. The first-order valence-corrected chi connectivity index (χ1v) is 10.6. The molecule has 0 bridgehead atoms. The highest BCUT2D eigenvalue weighted by molar-refractivity contribution is 7.99. The highest BCUT2D eigenvalue weighted by Gasteiger charge is 2.36. The molecule has 122 valence electrons. The van der Waals surface area contributed by atoms with Crippen molar-refractivity contribution >= 4 is 11.8 Å². The van der Waals surface area contributed by atoms with Crippen molar-refractivity contribution in [1.29, 1.82) is 0 Å². The van der Waals surface area contributed by atoms with E-state index in [0.717, 1.165) is 29.3 Å². The van der Waals surface area contributed by atoms with Crippen LogP contribution in [0.4, 0.5) is 0 Å². The van der Waals surface area contributed by atoms with E-state index in [1.165, 1.54) is 70.9 Å². The molecule has 0 aromatic rings. The number of hydrogen-bond donors (Lipinski definition) is 1. The molecule has 0 radical (unpaired) electrons. The summed E-state index contributed by atoms with van der Waals surface area (Å²) < 4.78 is 0. The number of thioether (sulfide) groups is 1. The number of piperazine rings is 1. The normalized spacial score (nSPS) is 40.3. The van der Waals surface area contributed by atoms with Gasteiger partial charge in [-0.25, -0.2) is 0 Å². The second kappa shape index (κ2) is 7.70. The number of hydrogen-bond acceptors (Lipinski definition) is 3. The van der Waals surface area contributed by atoms with Crippen molar-refractivity contribution in [3.63, 3.8) is 0 Å². The van der Waals surface area contributed by atoms with Crippen LogP contribution in [-0.4, -0.2) is 47.6 Å². The molecule has 1 aliphatic heterocycles. The third-order valence-corrected chi connectivity index (χ3v) is 7.36. The zero-order valence-corrected chi connectivity index (χ0v) is 14.8. The Balaban J connectivity index is 1.60. The van der Waals surface area contributed by atoms with Gasteiger partial charge in [-0.2, -0.15) is 11.8 Å². The van der Waals surface area contributed by atoms with Crippen molar-refractivity contribution in [2.75, 3.05) is 19.3 Å². The van der Waals surface area contributed by atoms with Gasteiger partial charge in [0.15, 0.2) is 0 Å². The van der Waals surface area contributed by atoms with E-state index in [1.54, 1.807) is 0 Å². The van der Waals surface area contributed by atoms with E-state index in [4.69, 9.17) is 0 Å². The van der Waals surface area contributed by atoms with Crippen LogP contribution >= 0.6 is 11.8 Å². The highest BCUT2D eigenvalue weighted by atomic mass is 32.2. The molecule has 3 aliphatic rings. The minimum Gasteiger partial charge on any atom is -0.311 e. The van der Waals surface area contributed by atoms with Gasteiger partial charge in [0.25, 0.3) is 0 Å². The quantitative estimate of drug-likeness (QED) is 0.851. The van der Waals surface area contributed by atoms with Crippen molar-refractivity contribution in [2.45, 2.75) is 88.1 Å². The molecule has 3 heteroatoms. The van der Waals surface area contributed by atoms with Crippen LogP contribution in [0.5, 0.6) is 0 Å². The number of rotatable bonds is 3. The molecule has 0 spiro atoms. The Labute approximate surface area is 135 Å².